The Morgan fingerprint density at radius 3 is 2.76 bits per heavy atom. The zero-order chi connectivity index (χ0) is 18.0. The van der Waals surface area contributed by atoms with Crippen LogP contribution in [-0.4, -0.2) is 39.5 Å². The van der Waals surface area contributed by atoms with Crippen molar-refractivity contribution in [3.63, 3.8) is 0 Å². The molecule has 0 amide bonds. The summed E-state index contributed by atoms with van der Waals surface area (Å²) in [6.45, 7) is 0.350. The monoisotopic (exact) mass is 385 g/mol. The van der Waals surface area contributed by atoms with Crippen LogP contribution in [0.25, 0.3) is 0 Å². The Labute approximate surface area is 151 Å². The van der Waals surface area contributed by atoms with Crippen LogP contribution in [0.4, 0.5) is 4.39 Å². The van der Waals surface area contributed by atoms with Crippen LogP contribution in [0.1, 0.15) is 11.7 Å². The Kier molecular flexibility index (Phi) is 5.29. The van der Waals surface area contributed by atoms with E-state index in [1.54, 1.807) is 24.3 Å². The van der Waals surface area contributed by atoms with E-state index in [-0.39, 0.29) is 30.3 Å². The van der Waals surface area contributed by atoms with Gasteiger partial charge in [-0.25, -0.2) is 12.8 Å². The lowest BCUT2D eigenvalue weighted by Gasteiger charge is -2.32. The average molecular weight is 386 g/mol. The molecule has 2 aromatic carbocycles. The highest BCUT2D eigenvalue weighted by Gasteiger charge is 2.34. The SMILES string of the molecule is COc1ccc(Cl)cc1S(=O)(=O)N1CCOC(c2ccccc2F)C1. The van der Waals surface area contributed by atoms with Crippen LogP contribution >= 0.6 is 11.6 Å². The van der Waals surface area contributed by atoms with Crippen LogP contribution in [0.2, 0.25) is 5.02 Å². The number of rotatable bonds is 4. The van der Waals surface area contributed by atoms with E-state index < -0.39 is 21.9 Å². The summed E-state index contributed by atoms with van der Waals surface area (Å²) in [6.07, 6.45) is -0.671. The highest BCUT2D eigenvalue weighted by Crippen LogP contribution is 2.33. The van der Waals surface area contributed by atoms with Crippen LogP contribution in [-0.2, 0) is 14.8 Å². The van der Waals surface area contributed by atoms with E-state index in [1.807, 2.05) is 0 Å². The fraction of sp³-hybridized carbons (Fsp3) is 0.294. The van der Waals surface area contributed by atoms with Crippen molar-refractivity contribution in [1.82, 2.24) is 4.31 Å². The molecule has 25 heavy (non-hydrogen) atoms. The summed E-state index contributed by atoms with van der Waals surface area (Å²) in [4.78, 5) is -0.0170. The van der Waals surface area contributed by atoms with E-state index in [0.29, 0.717) is 10.6 Å². The lowest BCUT2D eigenvalue weighted by Crippen LogP contribution is -2.42. The summed E-state index contributed by atoms with van der Waals surface area (Å²) in [5.41, 5.74) is 0.334. The quantitative estimate of drug-likeness (QED) is 0.810. The molecule has 2 aromatic rings. The van der Waals surface area contributed by atoms with Crippen LogP contribution in [0, 0.1) is 5.82 Å². The highest BCUT2D eigenvalue weighted by molar-refractivity contribution is 7.89. The van der Waals surface area contributed by atoms with Gasteiger partial charge < -0.3 is 9.47 Å². The largest absolute Gasteiger partial charge is 0.495 e. The molecule has 0 N–H and O–H groups in total. The third-order valence-corrected chi connectivity index (χ3v) is 6.15. The van der Waals surface area contributed by atoms with E-state index in [9.17, 15) is 12.8 Å². The first-order valence-electron chi connectivity index (χ1n) is 7.63. The Hall–Kier alpha value is -1.67. The summed E-state index contributed by atoms with van der Waals surface area (Å²) >= 11 is 5.95. The molecule has 0 aromatic heterocycles. The predicted molar refractivity (Wildman–Crippen MR) is 91.9 cm³/mol. The molecule has 0 saturated carbocycles. The number of ether oxygens (including phenoxy) is 2. The van der Waals surface area contributed by atoms with Gasteiger partial charge in [0.25, 0.3) is 0 Å². The smallest absolute Gasteiger partial charge is 0.246 e. The van der Waals surface area contributed by atoms with E-state index in [1.165, 1.54) is 29.6 Å². The highest BCUT2D eigenvalue weighted by atomic mass is 35.5. The van der Waals surface area contributed by atoms with Crippen LogP contribution in [0.15, 0.2) is 47.4 Å². The molecule has 0 aliphatic carbocycles. The molecule has 8 heteroatoms. The Bertz CT molecular complexity index is 875. The molecule has 1 unspecified atom stereocenters. The Morgan fingerprint density at radius 2 is 2.04 bits per heavy atom. The van der Waals surface area contributed by atoms with Gasteiger partial charge in [0.1, 0.15) is 16.5 Å². The minimum absolute atomic E-state index is 0.0128. The van der Waals surface area contributed by atoms with E-state index in [4.69, 9.17) is 21.1 Å². The van der Waals surface area contributed by atoms with Gasteiger partial charge in [0, 0.05) is 23.7 Å². The molecular formula is C17H17ClFNO4S. The normalized spacial score (nSPS) is 18.9. The van der Waals surface area contributed by atoms with Crippen LogP contribution < -0.4 is 4.74 Å². The number of hydrogen-bond donors (Lipinski definition) is 0. The molecule has 1 aliphatic heterocycles. The second kappa shape index (κ2) is 7.29. The fourth-order valence-corrected chi connectivity index (χ4v) is 4.60. The minimum Gasteiger partial charge on any atom is -0.495 e. The number of methoxy groups -OCH3 is 1. The second-order valence-corrected chi connectivity index (χ2v) is 7.88. The summed E-state index contributed by atoms with van der Waals surface area (Å²) in [6, 6.07) is 10.6. The Balaban J connectivity index is 1.93. The fourth-order valence-electron chi connectivity index (χ4n) is 2.76. The van der Waals surface area contributed by atoms with Crippen molar-refractivity contribution in [2.45, 2.75) is 11.0 Å². The van der Waals surface area contributed by atoms with Crippen molar-refractivity contribution >= 4 is 21.6 Å². The van der Waals surface area contributed by atoms with Crippen LogP contribution in [0.3, 0.4) is 0 Å². The molecule has 0 spiro atoms. The molecule has 3 rings (SSSR count). The molecule has 1 heterocycles. The first kappa shape index (κ1) is 18.1. The number of benzene rings is 2. The molecule has 0 radical (unpaired) electrons. The van der Waals surface area contributed by atoms with Crippen molar-refractivity contribution in [3.8, 4) is 5.75 Å². The van der Waals surface area contributed by atoms with Crippen molar-refractivity contribution in [1.29, 1.82) is 0 Å². The first-order valence-corrected chi connectivity index (χ1v) is 9.45. The van der Waals surface area contributed by atoms with Crippen molar-refractivity contribution in [2.24, 2.45) is 0 Å². The lowest BCUT2D eigenvalue weighted by molar-refractivity contribution is -0.00446. The van der Waals surface area contributed by atoms with Crippen LogP contribution in [0.5, 0.6) is 5.75 Å². The number of hydrogen-bond acceptors (Lipinski definition) is 4. The lowest BCUT2D eigenvalue weighted by atomic mass is 10.1. The topological polar surface area (TPSA) is 55.8 Å². The van der Waals surface area contributed by atoms with Gasteiger partial charge in [-0.05, 0) is 24.3 Å². The molecular weight excluding hydrogens is 369 g/mol. The zero-order valence-electron chi connectivity index (χ0n) is 13.5. The van der Waals surface area contributed by atoms with Gasteiger partial charge in [-0.3, -0.25) is 0 Å². The Morgan fingerprint density at radius 1 is 1.28 bits per heavy atom. The molecule has 1 atom stereocenters. The van der Waals surface area contributed by atoms with E-state index >= 15 is 0 Å². The van der Waals surface area contributed by atoms with Gasteiger partial charge in [0.05, 0.1) is 19.8 Å². The van der Waals surface area contributed by atoms with E-state index in [0.717, 1.165) is 0 Å². The summed E-state index contributed by atoms with van der Waals surface area (Å²) in [5.74, 6) is -0.217. The minimum atomic E-state index is -3.86. The third kappa shape index (κ3) is 3.64. The summed E-state index contributed by atoms with van der Waals surface area (Å²) in [5, 5.41) is 0.290. The van der Waals surface area contributed by atoms with Gasteiger partial charge in [0.15, 0.2) is 0 Å². The molecule has 5 nitrogen and oxygen atoms in total. The summed E-state index contributed by atoms with van der Waals surface area (Å²) < 4.78 is 52.0. The number of halogens is 2. The molecule has 1 saturated heterocycles. The van der Waals surface area contributed by atoms with E-state index in [2.05, 4.69) is 0 Å². The summed E-state index contributed by atoms with van der Waals surface area (Å²) in [7, 11) is -2.47. The third-order valence-electron chi connectivity index (χ3n) is 4.02. The number of sulfonamides is 1. The maximum absolute atomic E-state index is 14.0. The zero-order valence-corrected chi connectivity index (χ0v) is 15.1. The maximum atomic E-state index is 14.0. The van der Waals surface area contributed by atoms with Gasteiger partial charge in [-0.2, -0.15) is 4.31 Å². The molecule has 1 fully saturated rings. The van der Waals surface area contributed by atoms with Gasteiger partial charge in [-0.15, -0.1) is 0 Å². The standard InChI is InChI=1S/C17H17ClFNO4S/c1-23-15-7-6-12(18)10-17(15)25(21,22)20-8-9-24-16(11-20)13-4-2-3-5-14(13)19/h2-7,10,16H,8-9,11H2,1H3. The van der Waals surface area contributed by atoms with Crippen molar-refractivity contribution in [2.75, 3.05) is 26.8 Å². The average Bonchev–Trinajstić information content (AvgIpc) is 2.62. The van der Waals surface area contributed by atoms with Crippen molar-refractivity contribution < 1.29 is 22.3 Å². The number of morpholine rings is 1. The predicted octanol–water partition coefficient (Wildman–Crippen LogP) is 3.25. The molecule has 1 aliphatic rings. The molecule has 0 bridgehead atoms. The van der Waals surface area contributed by atoms with Gasteiger partial charge >= 0.3 is 0 Å². The van der Waals surface area contributed by atoms with Gasteiger partial charge in [0.2, 0.25) is 10.0 Å². The first-order chi connectivity index (χ1) is 11.9. The number of nitrogens with zero attached hydrogens (tertiary/aromatic N) is 1. The second-order valence-electron chi connectivity index (χ2n) is 5.54. The molecule has 134 valence electrons. The van der Waals surface area contributed by atoms with Crippen molar-refractivity contribution in [3.05, 3.63) is 58.9 Å². The van der Waals surface area contributed by atoms with Gasteiger partial charge in [-0.1, -0.05) is 29.8 Å². The maximum Gasteiger partial charge on any atom is 0.246 e.